The molecule has 0 saturated heterocycles. The number of aliphatic carboxylic acids is 1. The molecule has 1 amide bonds. The third kappa shape index (κ3) is 10.8. The summed E-state index contributed by atoms with van der Waals surface area (Å²) >= 11 is 0. The predicted molar refractivity (Wildman–Crippen MR) is 156 cm³/mol. The largest absolute Gasteiger partial charge is 0.490 e. The number of hydrogen-bond donors (Lipinski definition) is 6. The van der Waals surface area contributed by atoms with Crippen molar-refractivity contribution in [3.8, 4) is 11.5 Å². The molecule has 3 rings (SSSR count). The van der Waals surface area contributed by atoms with E-state index in [9.17, 15) is 26.4 Å². The topological polar surface area (TPSA) is 193 Å². The number of nitrogens with two attached hydrogens (primary N) is 1. The fraction of sp³-hybridized carbons (Fsp3) is 0.250. The van der Waals surface area contributed by atoms with Crippen molar-refractivity contribution in [2.45, 2.75) is 44.0 Å². The van der Waals surface area contributed by atoms with Gasteiger partial charge in [0, 0.05) is 11.3 Å². The molecule has 44 heavy (non-hydrogen) atoms. The van der Waals surface area contributed by atoms with Gasteiger partial charge in [-0.25, -0.2) is 13.2 Å². The lowest BCUT2D eigenvalue weighted by atomic mass is 10.0. The Bertz CT molecular complexity index is 1540. The van der Waals surface area contributed by atoms with Crippen LogP contribution < -0.4 is 30.8 Å². The maximum absolute atomic E-state index is 13.3. The van der Waals surface area contributed by atoms with E-state index in [1.54, 1.807) is 60.7 Å². The van der Waals surface area contributed by atoms with Gasteiger partial charge in [0.1, 0.15) is 11.9 Å². The molecule has 1 unspecified atom stereocenters. The number of sulfonamides is 1. The molecule has 3 aromatic rings. The zero-order valence-electron chi connectivity index (χ0n) is 23.8. The second-order valence-electron chi connectivity index (χ2n) is 9.08. The Morgan fingerprint density at radius 3 is 2.09 bits per heavy atom. The van der Waals surface area contributed by atoms with Gasteiger partial charge in [-0.1, -0.05) is 24.3 Å². The number of carboxylic acid groups (broad SMARTS) is 1. The molecular formula is C28H32F3N5O7S. The zero-order chi connectivity index (χ0) is 33.1. The summed E-state index contributed by atoms with van der Waals surface area (Å²) in [6.45, 7) is 6.00. The molecule has 7 N–H and O–H groups in total. The van der Waals surface area contributed by atoms with E-state index in [0.717, 1.165) is 0 Å². The van der Waals surface area contributed by atoms with Gasteiger partial charge in [-0.15, -0.1) is 4.83 Å². The molecular weight excluding hydrogens is 607 g/mol. The number of alkyl halides is 3. The number of hydrazine groups is 1. The molecule has 238 valence electrons. The average molecular weight is 640 g/mol. The first-order chi connectivity index (χ1) is 20.5. The van der Waals surface area contributed by atoms with Crippen LogP contribution in [0.1, 0.15) is 37.9 Å². The van der Waals surface area contributed by atoms with Crippen molar-refractivity contribution in [3.05, 3.63) is 83.9 Å². The van der Waals surface area contributed by atoms with Gasteiger partial charge in [-0.05, 0) is 74.9 Å². The quantitative estimate of drug-likeness (QED) is 0.0967. The summed E-state index contributed by atoms with van der Waals surface area (Å²) in [7, 11) is -3.99. The lowest BCUT2D eigenvalue weighted by molar-refractivity contribution is -0.192. The summed E-state index contributed by atoms with van der Waals surface area (Å²) < 4.78 is 68.5. The highest BCUT2D eigenvalue weighted by Gasteiger charge is 2.38. The highest BCUT2D eigenvalue weighted by Crippen LogP contribution is 2.33. The minimum absolute atomic E-state index is 0.00782. The van der Waals surface area contributed by atoms with Crippen molar-refractivity contribution in [2.75, 3.05) is 11.9 Å². The maximum Gasteiger partial charge on any atom is 0.490 e. The van der Waals surface area contributed by atoms with Gasteiger partial charge in [-0.3, -0.25) is 15.6 Å². The third-order valence-corrected chi connectivity index (χ3v) is 6.60. The molecule has 1 atom stereocenters. The average Bonchev–Trinajstić information content (AvgIpc) is 2.96. The van der Waals surface area contributed by atoms with Gasteiger partial charge in [0.2, 0.25) is 0 Å². The first-order valence-electron chi connectivity index (χ1n) is 12.9. The first-order valence-corrected chi connectivity index (χ1v) is 14.3. The number of carbonyl (C=O) groups is 2. The molecule has 0 heterocycles. The Morgan fingerprint density at radius 2 is 1.59 bits per heavy atom. The van der Waals surface area contributed by atoms with Crippen molar-refractivity contribution in [3.63, 3.8) is 0 Å². The van der Waals surface area contributed by atoms with Gasteiger partial charge >= 0.3 is 12.1 Å². The van der Waals surface area contributed by atoms with E-state index in [4.69, 9.17) is 30.5 Å². The van der Waals surface area contributed by atoms with Crippen molar-refractivity contribution >= 4 is 33.4 Å². The molecule has 0 spiro atoms. The second-order valence-corrected chi connectivity index (χ2v) is 10.8. The van der Waals surface area contributed by atoms with Crippen molar-refractivity contribution < 1.29 is 45.8 Å². The van der Waals surface area contributed by atoms with Crippen LogP contribution >= 0.6 is 0 Å². The minimum atomic E-state index is -5.08. The Hall–Kier alpha value is -4.83. The van der Waals surface area contributed by atoms with Crippen LogP contribution in [-0.4, -0.2) is 50.1 Å². The zero-order valence-corrected chi connectivity index (χ0v) is 24.6. The molecule has 0 radical (unpaired) electrons. The number of halogens is 3. The lowest BCUT2D eigenvalue weighted by Gasteiger charge is -2.22. The van der Waals surface area contributed by atoms with Crippen LogP contribution in [0.5, 0.6) is 11.5 Å². The predicted octanol–water partition coefficient (Wildman–Crippen LogP) is 3.95. The molecule has 16 heteroatoms. The minimum Gasteiger partial charge on any atom is -0.490 e. The SMILES string of the molecule is CCOc1cc(C(Nc2ccc(C(=N)N)cc2)C(=O)NNS(=O)(=O)c2ccccc2)ccc1OC(C)C.O=C(O)C(F)(F)F. The normalized spacial score (nSPS) is 11.9. The summed E-state index contributed by atoms with van der Waals surface area (Å²) in [4.78, 5) is 24.4. The molecule has 0 saturated carbocycles. The van der Waals surface area contributed by atoms with Crippen LogP contribution in [0.25, 0.3) is 0 Å². The molecule has 0 aliphatic carbocycles. The van der Waals surface area contributed by atoms with Crippen LogP contribution in [0.15, 0.2) is 77.7 Å². The number of amidine groups is 1. The van der Waals surface area contributed by atoms with Gasteiger partial charge in [-0.2, -0.15) is 13.2 Å². The summed E-state index contributed by atoms with van der Waals surface area (Å²) in [5, 5.41) is 17.8. The van der Waals surface area contributed by atoms with Crippen LogP contribution in [0, 0.1) is 5.41 Å². The van der Waals surface area contributed by atoms with Crippen LogP contribution in [-0.2, 0) is 19.6 Å². The van der Waals surface area contributed by atoms with E-state index in [-0.39, 0.29) is 16.8 Å². The van der Waals surface area contributed by atoms with Crippen molar-refractivity contribution in [1.29, 1.82) is 5.41 Å². The van der Waals surface area contributed by atoms with Gasteiger partial charge < -0.3 is 25.6 Å². The third-order valence-electron chi connectivity index (χ3n) is 5.34. The van der Waals surface area contributed by atoms with E-state index >= 15 is 0 Å². The molecule has 12 nitrogen and oxygen atoms in total. The number of amides is 1. The molecule has 0 bridgehead atoms. The van der Waals surface area contributed by atoms with E-state index in [2.05, 4.69) is 15.6 Å². The standard InChI is InChI=1S/C26H31N5O5S.C2HF3O2/c1-4-35-23-16-19(12-15-22(23)36-17(2)3)24(29-20-13-10-18(11-14-20)25(27)28)26(32)30-31-37(33,34)21-8-6-5-7-9-21;3-2(4,5)1(6)7/h5-17,24,29,31H,4H2,1-3H3,(H3,27,28)(H,30,32);(H,6,7). The van der Waals surface area contributed by atoms with Gasteiger partial charge in [0.15, 0.2) is 11.5 Å². The molecule has 3 aromatic carbocycles. The fourth-order valence-electron chi connectivity index (χ4n) is 3.38. The van der Waals surface area contributed by atoms with Crippen LogP contribution in [0.3, 0.4) is 0 Å². The summed E-state index contributed by atoms with van der Waals surface area (Å²) in [6, 6.07) is 18.4. The lowest BCUT2D eigenvalue weighted by Crippen LogP contribution is -2.45. The number of hydrogen-bond acceptors (Lipinski definition) is 8. The van der Waals surface area contributed by atoms with E-state index in [1.165, 1.54) is 12.1 Å². The van der Waals surface area contributed by atoms with Crippen molar-refractivity contribution in [2.24, 2.45) is 5.73 Å². The second kappa shape index (κ2) is 15.6. The van der Waals surface area contributed by atoms with E-state index in [0.29, 0.717) is 34.9 Å². The molecule has 0 aliphatic rings. The maximum atomic E-state index is 13.3. The smallest absolute Gasteiger partial charge is 0.490 e. The fourth-order valence-corrected chi connectivity index (χ4v) is 4.25. The Balaban J connectivity index is 0.000000860. The number of benzene rings is 3. The van der Waals surface area contributed by atoms with Gasteiger partial charge in [0.25, 0.3) is 15.9 Å². The van der Waals surface area contributed by atoms with Crippen molar-refractivity contribution in [1.82, 2.24) is 10.3 Å². The van der Waals surface area contributed by atoms with Crippen LogP contribution in [0.4, 0.5) is 18.9 Å². The highest BCUT2D eigenvalue weighted by atomic mass is 32.2. The number of rotatable bonds is 12. The summed E-state index contributed by atoms with van der Waals surface area (Å²) in [5.74, 6) is -2.53. The highest BCUT2D eigenvalue weighted by molar-refractivity contribution is 7.89. The Kier molecular flexibility index (Phi) is 12.5. The molecule has 0 aliphatic heterocycles. The Morgan fingerprint density at radius 1 is 1.00 bits per heavy atom. The number of ether oxygens (including phenoxy) is 2. The van der Waals surface area contributed by atoms with E-state index < -0.39 is 34.1 Å². The summed E-state index contributed by atoms with van der Waals surface area (Å²) in [6.07, 6.45) is -5.17. The number of nitrogen functional groups attached to an aromatic ring is 1. The number of carboxylic acids is 1. The Labute approximate surface area is 251 Å². The van der Waals surface area contributed by atoms with E-state index in [1.807, 2.05) is 20.8 Å². The molecule has 0 aromatic heterocycles. The van der Waals surface area contributed by atoms with Gasteiger partial charge in [0.05, 0.1) is 17.6 Å². The molecule has 0 fully saturated rings. The number of anilines is 1. The number of nitrogens with one attached hydrogen (secondary N) is 4. The monoisotopic (exact) mass is 639 g/mol. The summed E-state index contributed by atoms with van der Waals surface area (Å²) in [5.41, 5.74) is 9.42. The number of carbonyl (C=O) groups excluding carboxylic acids is 1. The first kappa shape index (κ1) is 35.4. The van der Waals surface area contributed by atoms with Crippen LogP contribution in [0.2, 0.25) is 0 Å².